The van der Waals surface area contributed by atoms with Gasteiger partial charge in [0.1, 0.15) is 5.75 Å². The molecule has 1 rings (SSSR count). The van der Waals surface area contributed by atoms with Crippen LogP contribution >= 0.6 is 12.6 Å². The van der Waals surface area contributed by atoms with Gasteiger partial charge in [0.2, 0.25) is 0 Å². The van der Waals surface area contributed by atoms with E-state index in [0.717, 1.165) is 18.1 Å². The highest BCUT2D eigenvalue weighted by molar-refractivity contribution is 7.80. The van der Waals surface area contributed by atoms with E-state index in [2.05, 4.69) is 31.7 Å². The van der Waals surface area contributed by atoms with E-state index in [1.54, 1.807) is 0 Å². The first-order valence-corrected chi connectivity index (χ1v) is 7.76. The molecule has 1 aromatic carbocycles. The number of rotatable bonds is 10. The SMILES string of the molecule is Cc1cccc(OCCCCCCCCCS)c1. The molecular formula is C16H26OS. The fourth-order valence-corrected chi connectivity index (χ4v) is 2.22. The minimum Gasteiger partial charge on any atom is -0.494 e. The summed E-state index contributed by atoms with van der Waals surface area (Å²) < 4.78 is 5.72. The highest BCUT2D eigenvalue weighted by Gasteiger charge is 1.95. The third-order valence-corrected chi connectivity index (χ3v) is 3.38. The highest BCUT2D eigenvalue weighted by Crippen LogP contribution is 2.13. The van der Waals surface area contributed by atoms with E-state index >= 15 is 0 Å². The Labute approximate surface area is 117 Å². The van der Waals surface area contributed by atoms with Gasteiger partial charge in [-0.05, 0) is 43.2 Å². The number of benzene rings is 1. The Morgan fingerprint density at radius 2 is 1.61 bits per heavy atom. The molecule has 1 nitrogen and oxygen atoms in total. The lowest BCUT2D eigenvalue weighted by molar-refractivity contribution is 0.304. The molecule has 0 bridgehead atoms. The van der Waals surface area contributed by atoms with E-state index in [9.17, 15) is 0 Å². The zero-order valence-corrected chi connectivity index (χ0v) is 12.4. The molecule has 0 saturated carbocycles. The molecule has 18 heavy (non-hydrogen) atoms. The predicted molar refractivity (Wildman–Crippen MR) is 82.8 cm³/mol. The monoisotopic (exact) mass is 266 g/mol. The van der Waals surface area contributed by atoms with Crippen molar-refractivity contribution < 1.29 is 4.74 Å². The van der Waals surface area contributed by atoms with Crippen molar-refractivity contribution in [3.05, 3.63) is 29.8 Å². The summed E-state index contributed by atoms with van der Waals surface area (Å²) in [4.78, 5) is 0. The molecule has 0 aliphatic carbocycles. The van der Waals surface area contributed by atoms with Crippen molar-refractivity contribution in [2.24, 2.45) is 0 Å². The number of hydrogen-bond acceptors (Lipinski definition) is 2. The largest absolute Gasteiger partial charge is 0.494 e. The van der Waals surface area contributed by atoms with Gasteiger partial charge < -0.3 is 4.74 Å². The Bertz CT molecular complexity index is 312. The maximum atomic E-state index is 5.72. The Kier molecular flexibility index (Phi) is 8.83. The fourth-order valence-electron chi connectivity index (χ4n) is 1.99. The average molecular weight is 266 g/mol. The van der Waals surface area contributed by atoms with E-state index in [1.165, 1.54) is 50.5 Å². The van der Waals surface area contributed by atoms with Gasteiger partial charge in [-0.1, -0.05) is 44.2 Å². The first-order chi connectivity index (χ1) is 8.83. The standard InChI is InChI=1S/C16H26OS/c1-15-10-9-11-16(14-15)17-12-7-5-3-2-4-6-8-13-18/h9-11,14,18H,2-8,12-13H2,1H3. The summed E-state index contributed by atoms with van der Waals surface area (Å²) in [5.41, 5.74) is 1.26. The van der Waals surface area contributed by atoms with Crippen LogP contribution < -0.4 is 4.74 Å². The van der Waals surface area contributed by atoms with Crippen LogP contribution in [0.5, 0.6) is 5.75 Å². The maximum absolute atomic E-state index is 5.72. The predicted octanol–water partition coefficient (Wildman–Crippen LogP) is 5.03. The van der Waals surface area contributed by atoms with Crippen LogP contribution in [0.3, 0.4) is 0 Å². The van der Waals surface area contributed by atoms with Gasteiger partial charge in [-0.15, -0.1) is 0 Å². The summed E-state index contributed by atoms with van der Waals surface area (Å²) in [6.45, 7) is 2.94. The smallest absolute Gasteiger partial charge is 0.119 e. The Morgan fingerprint density at radius 3 is 2.28 bits per heavy atom. The molecule has 102 valence electrons. The van der Waals surface area contributed by atoms with Gasteiger partial charge in [-0.2, -0.15) is 12.6 Å². The van der Waals surface area contributed by atoms with Crippen LogP contribution in [0, 0.1) is 6.92 Å². The third kappa shape index (κ3) is 7.65. The molecule has 0 amide bonds. The van der Waals surface area contributed by atoms with Crippen LogP contribution in [0.1, 0.15) is 50.5 Å². The van der Waals surface area contributed by atoms with Crippen molar-refractivity contribution >= 4 is 12.6 Å². The molecule has 0 aromatic heterocycles. The van der Waals surface area contributed by atoms with Crippen LogP contribution in [0.2, 0.25) is 0 Å². The molecule has 0 aliphatic heterocycles. The number of unbranched alkanes of at least 4 members (excludes halogenated alkanes) is 6. The zero-order chi connectivity index (χ0) is 13.1. The average Bonchev–Trinajstić information content (AvgIpc) is 2.37. The fraction of sp³-hybridized carbons (Fsp3) is 0.625. The second-order valence-electron chi connectivity index (χ2n) is 4.86. The van der Waals surface area contributed by atoms with Gasteiger partial charge in [0.15, 0.2) is 0 Å². The molecule has 1 aromatic rings. The molecule has 0 spiro atoms. The summed E-state index contributed by atoms with van der Waals surface area (Å²) in [7, 11) is 0. The number of aryl methyl sites for hydroxylation is 1. The van der Waals surface area contributed by atoms with Crippen molar-refractivity contribution in [1.29, 1.82) is 0 Å². The quantitative estimate of drug-likeness (QED) is 0.461. The van der Waals surface area contributed by atoms with Gasteiger partial charge in [0.25, 0.3) is 0 Å². The van der Waals surface area contributed by atoms with E-state index in [0.29, 0.717) is 0 Å². The molecule has 0 unspecified atom stereocenters. The van der Waals surface area contributed by atoms with Gasteiger partial charge in [0.05, 0.1) is 6.61 Å². The van der Waals surface area contributed by atoms with Gasteiger partial charge in [-0.25, -0.2) is 0 Å². The van der Waals surface area contributed by atoms with E-state index in [-0.39, 0.29) is 0 Å². The van der Waals surface area contributed by atoms with Crippen LogP contribution in [0.4, 0.5) is 0 Å². The van der Waals surface area contributed by atoms with Gasteiger partial charge in [-0.3, -0.25) is 0 Å². The number of hydrogen-bond donors (Lipinski definition) is 1. The Hall–Kier alpha value is -0.630. The molecular weight excluding hydrogens is 240 g/mol. The number of thiol groups is 1. The molecule has 2 heteroatoms. The first-order valence-electron chi connectivity index (χ1n) is 7.13. The first kappa shape index (κ1) is 15.4. The number of ether oxygens (including phenoxy) is 1. The third-order valence-electron chi connectivity index (χ3n) is 3.06. The molecule has 0 radical (unpaired) electrons. The summed E-state index contributed by atoms with van der Waals surface area (Å²) >= 11 is 4.22. The summed E-state index contributed by atoms with van der Waals surface area (Å²) in [6, 6.07) is 8.27. The second kappa shape index (κ2) is 10.3. The molecule has 0 aliphatic rings. The lowest BCUT2D eigenvalue weighted by Gasteiger charge is -2.06. The molecule has 0 N–H and O–H groups in total. The Balaban J connectivity index is 1.92. The molecule has 0 fully saturated rings. The summed E-state index contributed by atoms with van der Waals surface area (Å²) in [5, 5.41) is 0. The summed E-state index contributed by atoms with van der Waals surface area (Å²) in [5.74, 6) is 2.04. The van der Waals surface area contributed by atoms with Crippen molar-refractivity contribution in [3.8, 4) is 5.75 Å². The maximum Gasteiger partial charge on any atom is 0.119 e. The van der Waals surface area contributed by atoms with Crippen molar-refractivity contribution in [1.82, 2.24) is 0 Å². The van der Waals surface area contributed by atoms with Crippen LogP contribution in [-0.2, 0) is 0 Å². The Morgan fingerprint density at radius 1 is 0.944 bits per heavy atom. The van der Waals surface area contributed by atoms with Crippen LogP contribution in [0.25, 0.3) is 0 Å². The van der Waals surface area contributed by atoms with E-state index < -0.39 is 0 Å². The van der Waals surface area contributed by atoms with Crippen molar-refractivity contribution in [3.63, 3.8) is 0 Å². The van der Waals surface area contributed by atoms with Gasteiger partial charge in [0, 0.05) is 0 Å². The van der Waals surface area contributed by atoms with Gasteiger partial charge >= 0.3 is 0 Å². The lowest BCUT2D eigenvalue weighted by Crippen LogP contribution is -1.97. The summed E-state index contributed by atoms with van der Waals surface area (Å²) in [6.07, 6.45) is 9.11. The van der Waals surface area contributed by atoms with Crippen LogP contribution in [0.15, 0.2) is 24.3 Å². The lowest BCUT2D eigenvalue weighted by atomic mass is 10.1. The van der Waals surface area contributed by atoms with E-state index in [1.807, 2.05) is 12.1 Å². The van der Waals surface area contributed by atoms with Crippen molar-refractivity contribution in [2.75, 3.05) is 12.4 Å². The van der Waals surface area contributed by atoms with E-state index in [4.69, 9.17) is 4.74 Å². The van der Waals surface area contributed by atoms with Crippen LogP contribution in [-0.4, -0.2) is 12.4 Å². The molecule has 0 saturated heterocycles. The minimum atomic E-state index is 0.847. The minimum absolute atomic E-state index is 0.847. The normalized spacial score (nSPS) is 10.6. The highest BCUT2D eigenvalue weighted by atomic mass is 32.1. The topological polar surface area (TPSA) is 9.23 Å². The zero-order valence-electron chi connectivity index (χ0n) is 11.5. The molecule has 0 heterocycles. The van der Waals surface area contributed by atoms with Crippen molar-refractivity contribution in [2.45, 2.75) is 51.9 Å². The second-order valence-corrected chi connectivity index (χ2v) is 5.31. The molecule has 0 atom stereocenters.